The monoisotopic (exact) mass is 401 g/mol. The van der Waals surface area contributed by atoms with Gasteiger partial charge in [0.2, 0.25) is 0 Å². The molecule has 2 aromatic carbocycles. The zero-order valence-corrected chi connectivity index (χ0v) is 16.6. The largest absolute Gasteiger partial charge is 0.494 e. The van der Waals surface area contributed by atoms with Crippen LogP contribution >= 0.6 is 0 Å². The average Bonchev–Trinajstić information content (AvgIpc) is 3.03. The summed E-state index contributed by atoms with van der Waals surface area (Å²) in [6.45, 7) is 4.08. The van der Waals surface area contributed by atoms with Crippen LogP contribution in [0.15, 0.2) is 66.1 Å². The first-order valence-corrected chi connectivity index (χ1v) is 10.8. The van der Waals surface area contributed by atoms with E-state index in [-0.39, 0.29) is 11.7 Å². The fraction of sp³-hybridized carbons (Fsp3) is 0.286. The van der Waals surface area contributed by atoms with E-state index in [0.29, 0.717) is 23.8 Å². The summed E-state index contributed by atoms with van der Waals surface area (Å²) >= 11 is 0. The van der Waals surface area contributed by atoms with Gasteiger partial charge in [0.05, 0.1) is 18.4 Å². The number of hydrogen-bond acceptors (Lipinski definition) is 5. The van der Waals surface area contributed by atoms with Crippen LogP contribution in [0.2, 0.25) is 0 Å². The Balaban J connectivity index is 1.87. The third-order valence-corrected chi connectivity index (χ3v) is 5.69. The van der Waals surface area contributed by atoms with Gasteiger partial charge < -0.3 is 14.4 Å². The first-order chi connectivity index (χ1) is 13.4. The van der Waals surface area contributed by atoms with Crippen LogP contribution in [0.3, 0.4) is 0 Å². The number of ether oxygens (including phenoxy) is 2. The molecule has 148 valence electrons. The number of rotatable bonds is 7. The maximum absolute atomic E-state index is 13.2. The molecule has 3 rings (SSSR count). The third kappa shape index (κ3) is 4.72. The van der Waals surface area contributed by atoms with Crippen molar-refractivity contribution in [1.82, 2.24) is 0 Å². The van der Waals surface area contributed by atoms with Crippen molar-refractivity contribution in [3.05, 3.63) is 66.1 Å². The predicted octanol–water partition coefficient (Wildman–Crippen LogP) is 3.20. The first kappa shape index (κ1) is 19.9. The van der Waals surface area contributed by atoms with Gasteiger partial charge >= 0.3 is 0 Å². The number of carbonyl (C=O) groups excluding carboxylic acids is 1. The lowest BCUT2D eigenvalue weighted by Gasteiger charge is -2.30. The number of amides is 1. The number of carbonyl (C=O) groups is 1. The van der Waals surface area contributed by atoms with Gasteiger partial charge in [-0.1, -0.05) is 18.2 Å². The van der Waals surface area contributed by atoms with E-state index in [0.717, 1.165) is 5.41 Å². The highest BCUT2D eigenvalue weighted by atomic mass is 32.2. The van der Waals surface area contributed by atoms with Crippen LogP contribution in [0.5, 0.6) is 11.5 Å². The first-order valence-electron chi connectivity index (χ1n) is 9.08. The fourth-order valence-corrected chi connectivity index (χ4v) is 4.29. The zero-order chi connectivity index (χ0) is 20.1. The van der Waals surface area contributed by atoms with E-state index in [2.05, 4.69) is 0 Å². The number of hydrogen-bond donors (Lipinski definition) is 0. The quantitative estimate of drug-likeness (QED) is 0.712. The van der Waals surface area contributed by atoms with Crippen LogP contribution in [0, 0.1) is 0 Å². The molecule has 0 aromatic heterocycles. The molecule has 28 heavy (non-hydrogen) atoms. The topological polar surface area (TPSA) is 72.9 Å². The highest BCUT2D eigenvalue weighted by Gasteiger charge is 2.34. The van der Waals surface area contributed by atoms with Crippen molar-refractivity contribution in [3.63, 3.8) is 0 Å². The lowest BCUT2D eigenvalue weighted by atomic mass is 10.1. The van der Waals surface area contributed by atoms with Gasteiger partial charge in [-0.2, -0.15) is 0 Å². The summed E-state index contributed by atoms with van der Waals surface area (Å²) in [5.41, 5.74) is 0.587. The summed E-state index contributed by atoms with van der Waals surface area (Å²) in [5.74, 6) is 0.787. The highest BCUT2D eigenvalue weighted by molar-refractivity contribution is 7.94. The Labute approximate surface area is 165 Å². The summed E-state index contributed by atoms with van der Waals surface area (Å²) in [5, 5.41) is 1.16. The lowest BCUT2D eigenvalue weighted by molar-refractivity contribution is -0.124. The van der Waals surface area contributed by atoms with Crippen molar-refractivity contribution >= 4 is 21.4 Å². The molecule has 0 bridgehead atoms. The van der Waals surface area contributed by atoms with E-state index in [9.17, 15) is 13.2 Å². The normalized spacial score (nSPS) is 18.4. The second-order valence-corrected chi connectivity index (χ2v) is 8.36. The van der Waals surface area contributed by atoms with Gasteiger partial charge in [-0.25, -0.2) is 8.42 Å². The van der Waals surface area contributed by atoms with Gasteiger partial charge in [0.1, 0.15) is 11.5 Å². The Hall–Kier alpha value is -2.80. The van der Waals surface area contributed by atoms with Gasteiger partial charge in [-0.3, -0.25) is 4.79 Å². The molecule has 1 amide bonds. The van der Waals surface area contributed by atoms with Crippen molar-refractivity contribution in [2.24, 2.45) is 0 Å². The summed E-state index contributed by atoms with van der Waals surface area (Å²) in [6, 6.07) is 15.5. The Morgan fingerprint density at radius 2 is 1.79 bits per heavy atom. The Morgan fingerprint density at radius 1 is 1.11 bits per heavy atom. The number of sulfone groups is 1. The summed E-state index contributed by atoms with van der Waals surface area (Å²) < 4.78 is 35.1. The Morgan fingerprint density at radius 3 is 2.36 bits per heavy atom. The molecule has 0 spiro atoms. The van der Waals surface area contributed by atoms with Crippen molar-refractivity contribution in [2.45, 2.75) is 26.0 Å². The van der Waals surface area contributed by atoms with Crippen LogP contribution < -0.4 is 14.4 Å². The van der Waals surface area contributed by atoms with Crippen molar-refractivity contribution in [2.75, 3.05) is 17.3 Å². The van der Waals surface area contributed by atoms with Crippen molar-refractivity contribution < 1.29 is 22.7 Å². The molecule has 0 saturated heterocycles. The Bertz CT molecular complexity index is 939. The molecule has 0 radical (unpaired) electrons. The van der Waals surface area contributed by atoms with Gasteiger partial charge in [0.15, 0.2) is 15.9 Å². The molecule has 2 aromatic rings. The van der Waals surface area contributed by atoms with Crippen molar-refractivity contribution in [3.8, 4) is 11.5 Å². The van der Waals surface area contributed by atoms with E-state index in [1.165, 1.54) is 4.90 Å². The van der Waals surface area contributed by atoms with Crippen LogP contribution in [0.4, 0.5) is 5.69 Å². The van der Waals surface area contributed by atoms with E-state index >= 15 is 0 Å². The summed E-state index contributed by atoms with van der Waals surface area (Å²) in [6.07, 6.45) is 0.754. The van der Waals surface area contributed by atoms with Crippen LogP contribution in [0.25, 0.3) is 0 Å². The SMILES string of the molecule is CCOc1ccc(N(C(=O)[C@@H](C)Oc2ccccc2)[C@@H]2C=CS(=O)(=O)C2)cc1. The fourth-order valence-electron chi connectivity index (χ4n) is 3.02. The minimum atomic E-state index is -3.32. The number of benzene rings is 2. The molecule has 1 aliphatic heterocycles. The van der Waals surface area contributed by atoms with Gasteiger partial charge in [0, 0.05) is 11.1 Å². The van der Waals surface area contributed by atoms with Gasteiger partial charge in [0.25, 0.3) is 5.91 Å². The summed E-state index contributed by atoms with van der Waals surface area (Å²) in [7, 11) is -3.32. The average molecular weight is 401 g/mol. The second-order valence-electron chi connectivity index (χ2n) is 6.43. The molecular weight excluding hydrogens is 378 g/mol. The molecule has 0 unspecified atom stereocenters. The molecule has 6 nitrogen and oxygen atoms in total. The third-order valence-electron chi connectivity index (χ3n) is 4.31. The molecule has 0 fully saturated rings. The highest BCUT2D eigenvalue weighted by Crippen LogP contribution is 2.26. The van der Waals surface area contributed by atoms with E-state index < -0.39 is 22.0 Å². The molecule has 7 heteroatoms. The molecule has 0 N–H and O–H groups in total. The van der Waals surface area contributed by atoms with Crippen molar-refractivity contribution in [1.29, 1.82) is 0 Å². The predicted molar refractivity (Wildman–Crippen MR) is 108 cm³/mol. The smallest absolute Gasteiger partial charge is 0.268 e. The standard InChI is InChI=1S/C21H23NO5S/c1-3-26-19-11-9-17(10-12-19)22(18-13-14-28(24,25)15-18)21(23)16(2)27-20-7-5-4-6-8-20/h4-14,16,18H,3,15H2,1-2H3/t16-,18-/m1/s1. The van der Waals surface area contributed by atoms with E-state index in [1.54, 1.807) is 49.4 Å². The molecular formula is C21H23NO5S. The minimum Gasteiger partial charge on any atom is -0.494 e. The minimum absolute atomic E-state index is 0.149. The Kier molecular flexibility index (Phi) is 6.04. The summed E-state index contributed by atoms with van der Waals surface area (Å²) in [4.78, 5) is 14.7. The molecule has 1 heterocycles. The van der Waals surface area contributed by atoms with Crippen LogP contribution in [-0.4, -0.2) is 38.8 Å². The number of anilines is 1. The molecule has 0 aliphatic carbocycles. The molecule has 0 saturated carbocycles. The second kappa shape index (κ2) is 8.48. The van der Waals surface area contributed by atoms with E-state index in [1.807, 2.05) is 25.1 Å². The lowest BCUT2D eigenvalue weighted by Crippen LogP contribution is -2.47. The molecule has 1 aliphatic rings. The number of para-hydroxylation sites is 1. The van der Waals surface area contributed by atoms with E-state index in [4.69, 9.17) is 9.47 Å². The van der Waals surface area contributed by atoms with Crippen LogP contribution in [-0.2, 0) is 14.6 Å². The van der Waals surface area contributed by atoms with Gasteiger partial charge in [-0.15, -0.1) is 0 Å². The van der Waals surface area contributed by atoms with Gasteiger partial charge in [-0.05, 0) is 56.3 Å². The number of nitrogens with zero attached hydrogens (tertiary/aromatic N) is 1. The van der Waals surface area contributed by atoms with Crippen LogP contribution in [0.1, 0.15) is 13.8 Å². The maximum Gasteiger partial charge on any atom is 0.268 e. The molecule has 2 atom stereocenters. The zero-order valence-electron chi connectivity index (χ0n) is 15.8. The maximum atomic E-state index is 13.2.